The lowest BCUT2D eigenvalue weighted by Gasteiger charge is -1.94. The van der Waals surface area contributed by atoms with Gasteiger partial charge < -0.3 is 10.1 Å². The van der Waals surface area contributed by atoms with E-state index in [4.69, 9.17) is 4.74 Å². The molecule has 0 saturated carbocycles. The van der Waals surface area contributed by atoms with Crippen LogP contribution < -0.4 is 5.32 Å². The molecule has 0 aromatic heterocycles. The fourth-order valence-electron chi connectivity index (χ4n) is 0.946. The lowest BCUT2D eigenvalue weighted by molar-refractivity contribution is -0.122. The molecular weight excluding hydrogens is 142 g/mol. The molecule has 0 aliphatic carbocycles. The predicted molar refractivity (Wildman–Crippen MR) is 42.2 cm³/mol. The van der Waals surface area contributed by atoms with Crippen molar-refractivity contribution in [2.75, 3.05) is 6.54 Å². The van der Waals surface area contributed by atoms with Crippen LogP contribution in [-0.4, -0.2) is 24.7 Å². The molecule has 1 heterocycles. The normalized spacial score (nSPS) is 28.9. The van der Waals surface area contributed by atoms with Crippen LogP contribution in [0.2, 0.25) is 0 Å². The molecule has 1 amide bonds. The zero-order valence-corrected chi connectivity index (χ0v) is 6.83. The van der Waals surface area contributed by atoms with Gasteiger partial charge in [-0.15, -0.1) is 0 Å². The fraction of sp³-hybridized carbons (Fsp3) is 0.625. The predicted octanol–water partition coefficient (Wildman–Crippen LogP) is 0.466. The first-order valence-corrected chi connectivity index (χ1v) is 3.85. The van der Waals surface area contributed by atoms with Crippen LogP contribution in [0.25, 0.3) is 0 Å². The minimum Gasteiger partial charge on any atom is -0.355 e. The number of nitrogens with one attached hydrogen (secondary N) is 1. The lowest BCUT2D eigenvalue weighted by atomic mass is 10.3. The molecule has 1 aliphatic rings. The molecule has 2 unspecified atom stereocenters. The fourth-order valence-corrected chi connectivity index (χ4v) is 0.946. The van der Waals surface area contributed by atoms with Gasteiger partial charge in [0.1, 0.15) is 6.10 Å². The average molecular weight is 155 g/mol. The number of allylic oxidation sites excluding steroid dienone is 1. The van der Waals surface area contributed by atoms with E-state index in [2.05, 4.69) is 5.32 Å². The van der Waals surface area contributed by atoms with Crippen molar-refractivity contribution in [3.8, 4) is 0 Å². The van der Waals surface area contributed by atoms with E-state index in [1.54, 1.807) is 0 Å². The Hall–Kier alpha value is -0.830. The standard InChI is InChI=1S/C8H13NO2/c1-3-5-6-7(11-6)8(10)9-4-2/h3,5-7H,4H2,1-2H3,(H,9,10)/b5-3-. The Morgan fingerprint density at radius 1 is 1.73 bits per heavy atom. The maximum Gasteiger partial charge on any atom is 0.252 e. The van der Waals surface area contributed by atoms with Crippen molar-refractivity contribution < 1.29 is 9.53 Å². The molecule has 1 saturated heterocycles. The van der Waals surface area contributed by atoms with Crippen molar-refractivity contribution in [1.82, 2.24) is 5.32 Å². The van der Waals surface area contributed by atoms with Crippen LogP contribution in [0.1, 0.15) is 13.8 Å². The van der Waals surface area contributed by atoms with Crippen molar-refractivity contribution in [2.45, 2.75) is 26.1 Å². The van der Waals surface area contributed by atoms with Gasteiger partial charge in [0.05, 0.1) is 0 Å². The molecule has 1 rings (SSSR count). The third kappa shape index (κ3) is 2.05. The van der Waals surface area contributed by atoms with Crippen LogP contribution >= 0.6 is 0 Å². The monoisotopic (exact) mass is 155 g/mol. The minimum absolute atomic E-state index is 0.00407. The van der Waals surface area contributed by atoms with Gasteiger partial charge in [-0.25, -0.2) is 0 Å². The molecule has 1 fully saturated rings. The van der Waals surface area contributed by atoms with Gasteiger partial charge in [0.25, 0.3) is 5.91 Å². The second-order valence-electron chi connectivity index (χ2n) is 2.44. The van der Waals surface area contributed by atoms with E-state index in [1.807, 2.05) is 26.0 Å². The van der Waals surface area contributed by atoms with Gasteiger partial charge in [0.15, 0.2) is 6.10 Å². The Balaban J connectivity index is 2.26. The maximum atomic E-state index is 11.0. The van der Waals surface area contributed by atoms with E-state index >= 15 is 0 Å². The Kier molecular flexibility index (Phi) is 2.65. The molecule has 3 nitrogen and oxygen atoms in total. The summed E-state index contributed by atoms with van der Waals surface area (Å²) in [5.41, 5.74) is 0. The largest absolute Gasteiger partial charge is 0.355 e. The lowest BCUT2D eigenvalue weighted by Crippen LogP contribution is -2.28. The molecule has 62 valence electrons. The van der Waals surface area contributed by atoms with Crippen LogP contribution in [0.3, 0.4) is 0 Å². The number of ether oxygens (including phenoxy) is 1. The van der Waals surface area contributed by atoms with Crippen molar-refractivity contribution in [3.05, 3.63) is 12.2 Å². The molecule has 0 radical (unpaired) electrons. The molecule has 0 bridgehead atoms. The number of amides is 1. The van der Waals surface area contributed by atoms with Crippen molar-refractivity contribution in [3.63, 3.8) is 0 Å². The molecule has 1 N–H and O–H groups in total. The first-order valence-electron chi connectivity index (χ1n) is 3.85. The molecule has 0 aromatic carbocycles. The number of rotatable bonds is 3. The van der Waals surface area contributed by atoms with Gasteiger partial charge in [-0.2, -0.15) is 0 Å². The smallest absolute Gasteiger partial charge is 0.252 e. The van der Waals surface area contributed by atoms with E-state index in [-0.39, 0.29) is 18.1 Å². The zero-order valence-electron chi connectivity index (χ0n) is 6.83. The van der Waals surface area contributed by atoms with E-state index in [0.717, 1.165) is 0 Å². The highest BCUT2D eigenvalue weighted by Gasteiger charge is 2.42. The summed E-state index contributed by atoms with van der Waals surface area (Å²) in [6, 6.07) is 0. The van der Waals surface area contributed by atoms with Crippen LogP contribution in [0.15, 0.2) is 12.2 Å². The Bertz CT molecular complexity index is 177. The summed E-state index contributed by atoms with van der Waals surface area (Å²) in [7, 11) is 0. The molecule has 0 aromatic rings. The number of carbonyl (C=O) groups is 1. The number of likely N-dealkylation sites (N-methyl/N-ethyl adjacent to an activating group) is 1. The second kappa shape index (κ2) is 3.53. The topological polar surface area (TPSA) is 41.6 Å². The molecule has 1 aliphatic heterocycles. The van der Waals surface area contributed by atoms with Crippen LogP contribution in [0, 0.1) is 0 Å². The van der Waals surface area contributed by atoms with Gasteiger partial charge in [0, 0.05) is 6.54 Å². The zero-order chi connectivity index (χ0) is 8.27. The number of carbonyl (C=O) groups excluding carboxylic acids is 1. The summed E-state index contributed by atoms with van der Waals surface area (Å²) in [5.74, 6) is -0.00407. The molecule has 3 heteroatoms. The summed E-state index contributed by atoms with van der Waals surface area (Å²) in [4.78, 5) is 11.0. The summed E-state index contributed by atoms with van der Waals surface area (Å²) < 4.78 is 5.07. The highest BCUT2D eigenvalue weighted by Crippen LogP contribution is 2.22. The van der Waals surface area contributed by atoms with Crippen LogP contribution in [-0.2, 0) is 9.53 Å². The first-order chi connectivity index (χ1) is 5.29. The summed E-state index contributed by atoms with van der Waals surface area (Å²) in [5, 5.41) is 2.70. The van der Waals surface area contributed by atoms with Crippen LogP contribution in [0.4, 0.5) is 0 Å². The quantitative estimate of drug-likeness (QED) is 0.475. The third-order valence-electron chi connectivity index (χ3n) is 1.52. The van der Waals surface area contributed by atoms with Gasteiger partial charge >= 0.3 is 0 Å². The van der Waals surface area contributed by atoms with Gasteiger partial charge in [-0.1, -0.05) is 12.2 Å². The highest BCUT2D eigenvalue weighted by molar-refractivity contribution is 5.84. The van der Waals surface area contributed by atoms with Crippen molar-refractivity contribution >= 4 is 5.91 Å². The Morgan fingerprint density at radius 2 is 2.45 bits per heavy atom. The maximum absolute atomic E-state index is 11.0. The van der Waals surface area contributed by atoms with Gasteiger partial charge in [-0.3, -0.25) is 4.79 Å². The second-order valence-corrected chi connectivity index (χ2v) is 2.44. The van der Waals surface area contributed by atoms with Crippen LogP contribution in [0.5, 0.6) is 0 Å². The molecule has 2 atom stereocenters. The number of hydrogen-bond acceptors (Lipinski definition) is 2. The van der Waals surface area contributed by atoms with E-state index < -0.39 is 0 Å². The first kappa shape index (κ1) is 8.27. The molecule has 0 spiro atoms. The molecule has 11 heavy (non-hydrogen) atoms. The van der Waals surface area contributed by atoms with Gasteiger partial charge in [-0.05, 0) is 13.8 Å². The average Bonchev–Trinajstić information content (AvgIpc) is 2.69. The number of hydrogen-bond donors (Lipinski definition) is 1. The Labute approximate surface area is 66.4 Å². The van der Waals surface area contributed by atoms with Crippen molar-refractivity contribution in [1.29, 1.82) is 0 Å². The van der Waals surface area contributed by atoms with E-state index in [9.17, 15) is 4.79 Å². The number of epoxide rings is 1. The summed E-state index contributed by atoms with van der Waals surface area (Å²) in [6.07, 6.45) is 3.57. The van der Waals surface area contributed by atoms with Gasteiger partial charge in [0.2, 0.25) is 0 Å². The van der Waals surface area contributed by atoms with E-state index in [0.29, 0.717) is 6.54 Å². The summed E-state index contributed by atoms with van der Waals surface area (Å²) in [6.45, 7) is 4.47. The Morgan fingerprint density at radius 3 is 3.00 bits per heavy atom. The SMILES string of the molecule is C/C=C\C1OC1C(=O)NCC. The molecular formula is C8H13NO2. The van der Waals surface area contributed by atoms with Crippen molar-refractivity contribution in [2.24, 2.45) is 0 Å². The summed E-state index contributed by atoms with van der Waals surface area (Å²) >= 11 is 0. The minimum atomic E-state index is -0.230. The van der Waals surface area contributed by atoms with E-state index in [1.165, 1.54) is 0 Å². The third-order valence-corrected chi connectivity index (χ3v) is 1.52. The highest BCUT2D eigenvalue weighted by atomic mass is 16.6.